The smallest absolute Gasteiger partial charge is 0.241 e. The van der Waals surface area contributed by atoms with Gasteiger partial charge in [-0.2, -0.15) is 0 Å². The summed E-state index contributed by atoms with van der Waals surface area (Å²) in [6, 6.07) is 13.4. The first kappa shape index (κ1) is 17.1. The second-order valence-electron chi connectivity index (χ2n) is 5.17. The molecular weight excluding hydrogens is 310 g/mol. The van der Waals surface area contributed by atoms with E-state index in [9.17, 15) is 8.42 Å². The van der Waals surface area contributed by atoms with Crippen LogP contribution in [0.25, 0.3) is 0 Å². The maximum atomic E-state index is 12.5. The highest BCUT2D eigenvalue weighted by atomic mass is 32.2. The molecule has 0 spiro atoms. The summed E-state index contributed by atoms with van der Waals surface area (Å²) in [6.07, 6.45) is 5.65. The minimum absolute atomic E-state index is 0.221. The summed E-state index contributed by atoms with van der Waals surface area (Å²) in [5, 5.41) is 0. The van der Waals surface area contributed by atoms with E-state index in [4.69, 9.17) is 11.2 Å². The Hall–Kier alpha value is -2.29. The van der Waals surface area contributed by atoms with Gasteiger partial charge < -0.3 is 4.74 Å². The van der Waals surface area contributed by atoms with Gasteiger partial charge in [0, 0.05) is 6.42 Å². The van der Waals surface area contributed by atoms with Crippen LogP contribution in [0, 0.1) is 19.3 Å². The van der Waals surface area contributed by atoms with Crippen LogP contribution < -0.4 is 9.46 Å². The molecule has 0 bridgehead atoms. The van der Waals surface area contributed by atoms with Crippen molar-refractivity contribution in [3.63, 3.8) is 0 Å². The lowest BCUT2D eigenvalue weighted by molar-refractivity contribution is 0.414. The molecule has 0 unspecified atom stereocenters. The highest BCUT2D eigenvalue weighted by Crippen LogP contribution is 2.22. The summed E-state index contributed by atoms with van der Waals surface area (Å²) in [5.41, 5.74) is 1.79. The standard InChI is InChI=1S/C18H19NO3S/c1-4-5-18(15-8-10-16(22-3)11-9-15)19-23(20,21)17-12-6-14(2)7-13-17/h1,6-13,18-19H,5H2,2-3H3/t18-/m0/s1. The minimum atomic E-state index is -3.64. The van der Waals surface area contributed by atoms with Crippen LogP contribution in [0.4, 0.5) is 0 Å². The predicted molar refractivity (Wildman–Crippen MR) is 90.7 cm³/mol. The van der Waals surface area contributed by atoms with Gasteiger partial charge in [-0.3, -0.25) is 0 Å². The summed E-state index contributed by atoms with van der Waals surface area (Å²) >= 11 is 0. The van der Waals surface area contributed by atoms with Gasteiger partial charge in [0.15, 0.2) is 0 Å². The molecule has 4 nitrogen and oxygen atoms in total. The third-order valence-electron chi connectivity index (χ3n) is 3.47. The van der Waals surface area contributed by atoms with Crippen LogP contribution in [-0.2, 0) is 10.0 Å². The Balaban J connectivity index is 2.27. The summed E-state index contributed by atoms with van der Waals surface area (Å²) in [4.78, 5) is 0.221. The lowest BCUT2D eigenvalue weighted by Crippen LogP contribution is -2.28. The van der Waals surface area contributed by atoms with Crippen LogP contribution in [0.1, 0.15) is 23.6 Å². The summed E-state index contributed by atoms with van der Waals surface area (Å²) in [6.45, 7) is 1.91. The number of hydrogen-bond donors (Lipinski definition) is 1. The first-order valence-corrected chi connectivity index (χ1v) is 8.61. The first-order valence-electron chi connectivity index (χ1n) is 7.12. The molecule has 23 heavy (non-hydrogen) atoms. The first-order chi connectivity index (χ1) is 11.0. The molecule has 0 heterocycles. The van der Waals surface area contributed by atoms with Crippen molar-refractivity contribution in [2.75, 3.05) is 7.11 Å². The minimum Gasteiger partial charge on any atom is -0.497 e. The zero-order valence-electron chi connectivity index (χ0n) is 13.1. The molecule has 0 saturated carbocycles. The van der Waals surface area contributed by atoms with Crippen molar-refractivity contribution in [1.29, 1.82) is 0 Å². The zero-order chi connectivity index (χ0) is 16.9. The van der Waals surface area contributed by atoms with Crippen LogP contribution in [0.5, 0.6) is 5.75 Å². The highest BCUT2D eigenvalue weighted by Gasteiger charge is 2.20. The molecule has 120 valence electrons. The number of rotatable bonds is 6. The lowest BCUT2D eigenvalue weighted by Gasteiger charge is -2.17. The Labute approximate surface area is 137 Å². The van der Waals surface area contributed by atoms with Gasteiger partial charge in [-0.1, -0.05) is 29.8 Å². The Kier molecular flexibility index (Phi) is 5.43. The maximum absolute atomic E-state index is 12.5. The Morgan fingerprint density at radius 3 is 2.26 bits per heavy atom. The number of benzene rings is 2. The largest absolute Gasteiger partial charge is 0.497 e. The van der Waals surface area contributed by atoms with E-state index in [0.29, 0.717) is 5.75 Å². The monoisotopic (exact) mass is 329 g/mol. The fourth-order valence-corrected chi connectivity index (χ4v) is 3.38. The Morgan fingerprint density at radius 2 is 1.74 bits per heavy atom. The SMILES string of the molecule is C#CC[C@H](NS(=O)(=O)c1ccc(C)cc1)c1ccc(OC)cc1. The third kappa shape index (κ3) is 4.35. The van der Waals surface area contributed by atoms with Crippen LogP contribution in [0.2, 0.25) is 0 Å². The Morgan fingerprint density at radius 1 is 1.13 bits per heavy atom. The summed E-state index contributed by atoms with van der Waals surface area (Å²) in [7, 11) is -2.06. The number of aryl methyl sites for hydroxylation is 1. The van der Waals surface area contributed by atoms with E-state index < -0.39 is 16.1 Å². The third-order valence-corrected chi connectivity index (χ3v) is 4.96. The molecular formula is C18H19NO3S. The molecule has 0 aliphatic heterocycles. The fourth-order valence-electron chi connectivity index (χ4n) is 2.15. The van der Waals surface area contributed by atoms with E-state index in [-0.39, 0.29) is 11.3 Å². The molecule has 0 aliphatic rings. The topological polar surface area (TPSA) is 55.4 Å². The number of ether oxygens (including phenoxy) is 1. The van der Waals surface area contributed by atoms with Crippen molar-refractivity contribution in [3.05, 3.63) is 59.7 Å². The van der Waals surface area contributed by atoms with Gasteiger partial charge in [0.25, 0.3) is 0 Å². The predicted octanol–water partition coefficient (Wildman–Crippen LogP) is 3.05. The van der Waals surface area contributed by atoms with Gasteiger partial charge in [0.05, 0.1) is 18.0 Å². The van der Waals surface area contributed by atoms with Crippen molar-refractivity contribution in [2.24, 2.45) is 0 Å². The van der Waals surface area contributed by atoms with Crippen LogP contribution in [0.15, 0.2) is 53.4 Å². The van der Waals surface area contributed by atoms with Gasteiger partial charge in [-0.05, 0) is 36.8 Å². The molecule has 1 atom stereocenters. The van der Waals surface area contributed by atoms with Gasteiger partial charge in [-0.25, -0.2) is 13.1 Å². The fraction of sp³-hybridized carbons (Fsp3) is 0.222. The molecule has 0 fully saturated rings. The second-order valence-corrected chi connectivity index (χ2v) is 6.88. The van der Waals surface area contributed by atoms with Crippen molar-refractivity contribution in [1.82, 2.24) is 4.72 Å². The lowest BCUT2D eigenvalue weighted by atomic mass is 10.1. The molecule has 5 heteroatoms. The van der Waals surface area contributed by atoms with Crippen LogP contribution in [0.3, 0.4) is 0 Å². The molecule has 2 aromatic rings. The quantitative estimate of drug-likeness (QED) is 0.829. The number of sulfonamides is 1. The number of methoxy groups -OCH3 is 1. The number of nitrogens with one attached hydrogen (secondary N) is 1. The second kappa shape index (κ2) is 7.32. The van der Waals surface area contributed by atoms with Gasteiger partial charge >= 0.3 is 0 Å². The van der Waals surface area contributed by atoms with E-state index in [1.165, 1.54) is 0 Å². The van der Waals surface area contributed by atoms with Crippen LogP contribution in [-0.4, -0.2) is 15.5 Å². The van der Waals surface area contributed by atoms with Gasteiger partial charge in [-0.15, -0.1) is 12.3 Å². The van der Waals surface area contributed by atoms with E-state index in [0.717, 1.165) is 11.1 Å². The molecule has 0 amide bonds. The molecule has 0 aliphatic carbocycles. The maximum Gasteiger partial charge on any atom is 0.241 e. The molecule has 2 aromatic carbocycles. The van der Waals surface area contributed by atoms with Gasteiger partial charge in [0.1, 0.15) is 5.75 Å². The van der Waals surface area contributed by atoms with Crippen molar-refractivity contribution in [3.8, 4) is 18.1 Å². The van der Waals surface area contributed by atoms with E-state index in [1.807, 2.05) is 6.92 Å². The normalized spacial score (nSPS) is 12.4. The molecule has 0 radical (unpaired) electrons. The summed E-state index contributed by atoms with van der Waals surface area (Å²) < 4.78 is 32.8. The van der Waals surface area contributed by atoms with Gasteiger partial charge in [0.2, 0.25) is 10.0 Å². The number of hydrogen-bond acceptors (Lipinski definition) is 3. The van der Waals surface area contributed by atoms with E-state index >= 15 is 0 Å². The highest BCUT2D eigenvalue weighted by molar-refractivity contribution is 7.89. The Bertz CT molecular complexity index is 788. The van der Waals surface area contributed by atoms with E-state index in [2.05, 4.69) is 10.6 Å². The average molecular weight is 329 g/mol. The summed E-state index contributed by atoms with van der Waals surface area (Å²) in [5.74, 6) is 3.22. The number of terminal acetylenes is 1. The molecule has 1 N–H and O–H groups in total. The average Bonchev–Trinajstić information content (AvgIpc) is 2.55. The van der Waals surface area contributed by atoms with Crippen molar-refractivity contribution < 1.29 is 13.2 Å². The van der Waals surface area contributed by atoms with Crippen molar-refractivity contribution in [2.45, 2.75) is 24.3 Å². The van der Waals surface area contributed by atoms with E-state index in [1.54, 1.807) is 55.6 Å². The van der Waals surface area contributed by atoms with Crippen LogP contribution >= 0.6 is 0 Å². The molecule has 0 aromatic heterocycles. The molecule has 2 rings (SSSR count). The van der Waals surface area contributed by atoms with Crippen molar-refractivity contribution >= 4 is 10.0 Å². The molecule has 0 saturated heterocycles. The zero-order valence-corrected chi connectivity index (χ0v) is 13.9.